The Balaban J connectivity index is 0.000000526. The Morgan fingerprint density at radius 1 is 1.06 bits per heavy atom. The minimum absolute atomic E-state index is 0.00965. The molecule has 196 valence electrons. The molecule has 1 unspecified atom stereocenters. The molecule has 9 heteroatoms. The number of hydrogen-bond donors (Lipinski definition) is 2. The summed E-state index contributed by atoms with van der Waals surface area (Å²) in [6, 6.07) is 6.64. The minimum Gasteiger partial charge on any atom is -0.860 e. The van der Waals surface area contributed by atoms with Crippen LogP contribution in [0.2, 0.25) is 0 Å². The highest BCUT2D eigenvalue weighted by Gasteiger charge is 2.39. The van der Waals surface area contributed by atoms with Gasteiger partial charge in [0.1, 0.15) is 11.5 Å². The van der Waals surface area contributed by atoms with Gasteiger partial charge in [0.05, 0.1) is 20.2 Å². The summed E-state index contributed by atoms with van der Waals surface area (Å²) in [6.07, 6.45) is 4.75. The SMILES string of the molecule is C1CC[NH2+]CC1.COc1cccc(C(C2=C(O)CC(C)(C)CC2=O)c2c([O-])n(C)c(=O)n(C)c2=O)c1. The number of nitrogens with two attached hydrogens (primary N) is 1. The highest BCUT2D eigenvalue weighted by molar-refractivity contribution is 5.99. The molecule has 2 aliphatic rings. The van der Waals surface area contributed by atoms with Gasteiger partial charge in [-0.15, -0.1) is 0 Å². The van der Waals surface area contributed by atoms with E-state index < -0.39 is 28.5 Å². The third kappa shape index (κ3) is 5.73. The Kier molecular flexibility index (Phi) is 8.45. The molecule has 2 aromatic rings. The Bertz CT molecular complexity index is 1260. The van der Waals surface area contributed by atoms with Crippen molar-refractivity contribution in [3.05, 3.63) is 67.6 Å². The van der Waals surface area contributed by atoms with Gasteiger partial charge in [-0.2, -0.15) is 0 Å². The molecule has 9 nitrogen and oxygen atoms in total. The summed E-state index contributed by atoms with van der Waals surface area (Å²) in [6.45, 7) is 6.48. The van der Waals surface area contributed by atoms with E-state index in [9.17, 15) is 24.6 Å². The quantitative estimate of drug-likeness (QED) is 0.651. The van der Waals surface area contributed by atoms with Crippen LogP contribution in [0.5, 0.6) is 11.6 Å². The normalized spacial score (nSPS) is 18.3. The number of carbonyl (C=O) groups is 1. The molecular weight excluding hydrogens is 462 g/mol. The van der Waals surface area contributed by atoms with Gasteiger partial charge >= 0.3 is 5.69 Å². The lowest BCUT2D eigenvalue weighted by molar-refractivity contribution is -0.662. The number of nitrogens with zero attached hydrogens (tertiary/aromatic N) is 2. The van der Waals surface area contributed by atoms with Crippen LogP contribution in [-0.4, -0.2) is 40.2 Å². The molecule has 1 atom stereocenters. The predicted molar refractivity (Wildman–Crippen MR) is 134 cm³/mol. The maximum atomic E-state index is 13.1. The molecular formula is C27H37N3O6. The first kappa shape index (κ1) is 27.3. The van der Waals surface area contributed by atoms with Crippen molar-refractivity contribution in [3.8, 4) is 11.6 Å². The minimum atomic E-state index is -1.12. The molecule has 0 bridgehead atoms. The third-order valence-electron chi connectivity index (χ3n) is 6.86. The van der Waals surface area contributed by atoms with Crippen LogP contribution in [0.15, 0.2) is 45.2 Å². The lowest BCUT2D eigenvalue weighted by Gasteiger charge is -2.34. The van der Waals surface area contributed by atoms with Crippen LogP contribution in [-0.2, 0) is 18.9 Å². The third-order valence-corrected chi connectivity index (χ3v) is 6.86. The van der Waals surface area contributed by atoms with Crippen molar-refractivity contribution in [3.63, 3.8) is 0 Å². The van der Waals surface area contributed by atoms with Crippen molar-refractivity contribution in [2.24, 2.45) is 19.5 Å². The molecule has 0 amide bonds. The summed E-state index contributed by atoms with van der Waals surface area (Å²) in [5.41, 5.74) is -1.81. The zero-order valence-electron chi connectivity index (χ0n) is 21.8. The van der Waals surface area contributed by atoms with E-state index in [1.165, 1.54) is 53.6 Å². The van der Waals surface area contributed by atoms with Gasteiger partial charge in [0.2, 0.25) is 0 Å². The average molecular weight is 500 g/mol. The summed E-state index contributed by atoms with van der Waals surface area (Å²) >= 11 is 0. The van der Waals surface area contributed by atoms with Crippen LogP contribution >= 0.6 is 0 Å². The van der Waals surface area contributed by atoms with E-state index in [1.807, 2.05) is 13.8 Å². The van der Waals surface area contributed by atoms with Crippen LogP contribution < -0.4 is 26.4 Å². The maximum absolute atomic E-state index is 13.1. The molecule has 36 heavy (non-hydrogen) atoms. The van der Waals surface area contributed by atoms with E-state index in [-0.39, 0.29) is 35.5 Å². The molecule has 0 saturated carbocycles. The Hall–Kier alpha value is -3.33. The molecule has 1 saturated heterocycles. The number of rotatable bonds is 4. The molecule has 4 rings (SSSR count). The number of allylic oxidation sites excluding steroid dienone is 2. The number of benzene rings is 1. The predicted octanol–water partition coefficient (Wildman–Crippen LogP) is 1.23. The van der Waals surface area contributed by atoms with Crippen molar-refractivity contribution in [1.29, 1.82) is 0 Å². The van der Waals surface area contributed by atoms with Gasteiger partial charge in [-0.05, 0) is 48.3 Å². The molecule has 0 radical (unpaired) electrons. The molecule has 3 N–H and O–H groups in total. The highest BCUT2D eigenvalue weighted by Crippen LogP contribution is 2.44. The van der Waals surface area contributed by atoms with E-state index in [1.54, 1.807) is 24.3 Å². The summed E-state index contributed by atoms with van der Waals surface area (Å²) in [7, 11) is 4.02. The van der Waals surface area contributed by atoms with Crippen molar-refractivity contribution >= 4 is 5.78 Å². The van der Waals surface area contributed by atoms with E-state index in [2.05, 4.69) is 5.32 Å². The van der Waals surface area contributed by atoms with E-state index in [0.717, 1.165) is 9.13 Å². The number of Topliss-reactive ketones (excluding diaryl/α,β-unsaturated/α-hetero) is 1. The first-order valence-electron chi connectivity index (χ1n) is 12.4. The molecule has 1 aliphatic carbocycles. The Labute approximate surface area is 211 Å². The molecule has 1 aromatic heterocycles. The fourth-order valence-corrected chi connectivity index (χ4v) is 4.93. The zero-order chi connectivity index (χ0) is 26.6. The second-order valence-corrected chi connectivity index (χ2v) is 10.4. The maximum Gasteiger partial charge on any atom is 0.329 e. The topological polar surface area (TPSA) is 130 Å². The first-order chi connectivity index (χ1) is 17.0. The van der Waals surface area contributed by atoms with Gasteiger partial charge in [-0.1, -0.05) is 26.0 Å². The van der Waals surface area contributed by atoms with Gasteiger partial charge < -0.3 is 24.8 Å². The molecule has 1 aromatic carbocycles. The van der Waals surface area contributed by atoms with E-state index in [0.29, 0.717) is 11.3 Å². The number of aliphatic hydroxyl groups is 1. The fourth-order valence-electron chi connectivity index (χ4n) is 4.93. The van der Waals surface area contributed by atoms with Gasteiger partial charge in [0.15, 0.2) is 5.78 Å². The molecule has 1 fully saturated rings. The number of piperidine rings is 1. The zero-order valence-corrected chi connectivity index (χ0v) is 21.8. The number of ketones is 1. The van der Waals surface area contributed by atoms with Crippen molar-refractivity contribution in [2.45, 2.75) is 51.9 Å². The van der Waals surface area contributed by atoms with Gasteiger partial charge in [-0.3, -0.25) is 14.2 Å². The van der Waals surface area contributed by atoms with Crippen LogP contribution in [0.1, 0.15) is 63.0 Å². The lowest BCUT2D eigenvalue weighted by Crippen LogP contribution is -2.85. The first-order valence-corrected chi connectivity index (χ1v) is 12.4. The molecule has 1 aliphatic heterocycles. The van der Waals surface area contributed by atoms with Crippen LogP contribution in [0.4, 0.5) is 0 Å². The summed E-state index contributed by atoms with van der Waals surface area (Å²) in [5, 5.41) is 26.2. The summed E-state index contributed by atoms with van der Waals surface area (Å²) < 4.78 is 6.93. The summed E-state index contributed by atoms with van der Waals surface area (Å²) in [4.78, 5) is 38.3. The van der Waals surface area contributed by atoms with Crippen molar-refractivity contribution in [2.75, 3.05) is 20.2 Å². The van der Waals surface area contributed by atoms with Crippen LogP contribution in [0, 0.1) is 5.41 Å². The second-order valence-electron chi connectivity index (χ2n) is 10.4. The number of aromatic nitrogens is 2. The number of methoxy groups -OCH3 is 1. The Morgan fingerprint density at radius 3 is 2.25 bits per heavy atom. The van der Waals surface area contributed by atoms with Crippen LogP contribution in [0.3, 0.4) is 0 Å². The van der Waals surface area contributed by atoms with E-state index >= 15 is 0 Å². The van der Waals surface area contributed by atoms with Crippen LogP contribution in [0.25, 0.3) is 0 Å². The second kappa shape index (κ2) is 11.2. The van der Waals surface area contributed by atoms with Gasteiger partial charge in [0, 0.05) is 44.0 Å². The van der Waals surface area contributed by atoms with Gasteiger partial charge in [0.25, 0.3) is 5.56 Å². The van der Waals surface area contributed by atoms with E-state index in [4.69, 9.17) is 4.74 Å². The smallest absolute Gasteiger partial charge is 0.329 e. The van der Waals surface area contributed by atoms with Crippen molar-refractivity contribution in [1.82, 2.24) is 9.13 Å². The number of quaternary nitrogens is 1. The molecule has 0 spiro atoms. The monoisotopic (exact) mass is 499 g/mol. The standard InChI is InChI=1S/C22H26N2O6.C5H11N/c1-22(2)10-14(25)17(15(26)11-22)16(12-7-6-8-13(9-12)30-5)18-19(27)23(3)21(29)24(4)20(18)28;1-2-4-6-5-3-1/h6-9,16,25,27H,10-11H2,1-5H3;6H,1-5H2. The average Bonchev–Trinajstić information content (AvgIpc) is 2.85. The number of hydrogen-bond acceptors (Lipinski definition) is 6. The number of aliphatic hydroxyl groups excluding tert-OH is 1. The highest BCUT2D eigenvalue weighted by atomic mass is 16.5. The lowest BCUT2D eigenvalue weighted by atomic mass is 9.71. The fraction of sp³-hybridized carbons (Fsp3) is 0.519. The largest absolute Gasteiger partial charge is 0.860 e. The number of carbonyl (C=O) groups excluding carboxylic acids is 1. The number of ether oxygens (including phenoxy) is 1. The van der Waals surface area contributed by atoms with Crippen molar-refractivity contribution < 1.29 is 25.1 Å². The summed E-state index contributed by atoms with van der Waals surface area (Å²) in [5.74, 6) is -1.95. The van der Waals surface area contributed by atoms with Gasteiger partial charge in [-0.25, -0.2) is 4.79 Å². The Morgan fingerprint density at radius 2 is 1.72 bits per heavy atom. The molecule has 2 heterocycles.